The van der Waals surface area contributed by atoms with Gasteiger partial charge in [-0.2, -0.15) is 13.2 Å². The minimum absolute atomic E-state index is 0.163. The number of carbonyl (C=O) groups excluding carboxylic acids is 1. The fourth-order valence-corrected chi connectivity index (χ4v) is 1.99. The first-order valence-electron chi connectivity index (χ1n) is 6.58. The molecule has 0 unspecified atom stereocenters. The third kappa shape index (κ3) is 3.91. The predicted molar refractivity (Wildman–Crippen MR) is 73.6 cm³/mol. The second-order valence-corrected chi connectivity index (χ2v) is 4.54. The fraction of sp³-hybridized carbons (Fsp3) is 0.357. The Labute approximate surface area is 124 Å². The van der Waals surface area contributed by atoms with Crippen molar-refractivity contribution in [3.05, 3.63) is 30.0 Å². The molecular formula is C14H15F3N2O3. The average Bonchev–Trinajstić information content (AvgIpc) is 2.85. The molecule has 120 valence electrons. The summed E-state index contributed by atoms with van der Waals surface area (Å²) in [5, 5.41) is 0.940. The number of halogens is 3. The molecule has 5 nitrogen and oxygen atoms in total. The van der Waals surface area contributed by atoms with Crippen LogP contribution in [0.1, 0.15) is 5.56 Å². The first-order valence-corrected chi connectivity index (χ1v) is 6.58. The van der Waals surface area contributed by atoms with Crippen LogP contribution in [0, 0.1) is 0 Å². The van der Waals surface area contributed by atoms with Gasteiger partial charge in [0.15, 0.2) is 0 Å². The molecule has 1 aromatic carbocycles. The Balaban J connectivity index is 1.92. The monoisotopic (exact) mass is 316 g/mol. The van der Waals surface area contributed by atoms with Crippen LogP contribution >= 0.6 is 0 Å². The number of nitrogens with one attached hydrogen (secondary N) is 1. The summed E-state index contributed by atoms with van der Waals surface area (Å²) in [5.41, 5.74) is 7.47. The number of fused-ring (bicyclic) bond motifs is 1. The van der Waals surface area contributed by atoms with Crippen LogP contribution in [0.5, 0.6) is 5.75 Å². The highest BCUT2D eigenvalue weighted by atomic mass is 19.4. The van der Waals surface area contributed by atoms with Crippen LogP contribution < -0.4 is 10.5 Å². The molecular weight excluding hydrogens is 301 g/mol. The maximum absolute atomic E-state index is 11.9. The molecule has 0 aliphatic carbocycles. The Morgan fingerprint density at radius 2 is 2.05 bits per heavy atom. The number of alkyl halides is 3. The number of H-pyrrole nitrogens is 1. The molecule has 2 aromatic rings. The lowest BCUT2D eigenvalue weighted by atomic mass is 10.1. The van der Waals surface area contributed by atoms with Crippen molar-refractivity contribution in [3.8, 4) is 5.75 Å². The average molecular weight is 316 g/mol. The molecule has 2 rings (SSSR count). The van der Waals surface area contributed by atoms with Gasteiger partial charge in [0, 0.05) is 17.1 Å². The number of carbonyl (C=O) groups is 1. The van der Waals surface area contributed by atoms with Crippen LogP contribution in [0.3, 0.4) is 0 Å². The molecule has 0 saturated heterocycles. The topological polar surface area (TPSA) is 77.3 Å². The van der Waals surface area contributed by atoms with E-state index in [1.807, 2.05) is 6.20 Å². The summed E-state index contributed by atoms with van der Waals surface area (Å²) in [4.78, 5) is 13.6. The van der Waals surface area contributed by atoms with E-state index in [0.717, 1.165) is 16.5 Å². The van der Waals surface area contributed by atoms with Crippen molar-refractivity contribution in [3.63, 3.8) is 0 Å². The quantitative estimate of drug-likeness (QED) is 0.632. The molecule has 0 amide bonds. The van der Waals surface area contributed by atoms with E-state index in [2.05, 4.69) is 9.72 Å². The Bertz CT molecular complexity index is 652. The van der Waals surface area contributed by atoms with Gasteiger partial charge in [-0.3, -0.25) is 0 Å². The summed E-state index contributed by atoms with van der Waals surface area (Å²) >= 11 is 0. The molecule has 1 heterocycles. The molecule has 0 atom stereocenters. The van der Waals surface area contributed by atoms with Crippen molar-refractivity contribution in [2.45, 2.75) is 12.6 Å². The van der Waals surface area contributed by atoms with E-state index in [0.29, 0.717) is 18.7 Å². The van der Waals surface area contributed by atoms with Crippen molar-refractivity contribution in [2.75, 3.05) is 19.8 Å². The molecule has 8 heteroatoms. The summed E-state index contributed by atoms with van der Waals surface area (Å²) in [6, 6.07) is 5.24. The molecule has 0 aliphatic rings. The van der Waals surface area contributed by atoms with E-state index in [4.69, 9.17) is 10.5 Å². The van der Waals surface area contributed by atoms with Crippen LogP contribution in [-0.2, 0) is 16.0 Å². The number of benzene rings is 1. The van der Waals surface area contributed by atoms with Gasteiger partial charge >= 0.3 is 12.1 Å². The molecule has 1 aromatic heterocycles. The Kier molecular flexibility index (Phi) is 4.92. The Morgan fingerprint density at radius 3 is 2.73 bits per heavy atom. The molecule has 0 bridgehead atoms. The molecule has 0 fully saturated rings. The standard InChI is InChI=1S/C14H15F3N2O3/c15-14(16,17)13(20)22-6-5-21-10-1-2-12-11(7-10)9(3-4-18)8-19-12/h1-2,7-8,19H,3-6,18H2. The molecule has 3 N–H and O–H groups in total. The van der Waals surface area contributed by atoms with Gasteiger partial charge < -0.3 is 20.2 Å². The number of nitrogens with two attached hydrogens (primary N) is 1. The summed E-state index contributed by atoms with van der Waals surface area (Å²) in [6.45, 7) is -0.130. The lowest BCUT2D eigenvalue weighted by Gasteiger charge is -2.09. The van der Waals surface area contributed by atoms with Crippen molar-refractivity contribution >= 4 is 16.9 Å². The second-order valence-electron chi connectivity index (χ2n) is 4.54. The van der Waals surface area contributed by atoms with Gasteiger partial charge in [0.05, 0.1) is 0 Å². The molecule has 22 heavy (non-hydrogen) atoms. The first-order chi connectivity index (χ1) is 10.4. The van der Waals surface area contributed by atoms with Crippen LogP contribution in [0.25, 0.3) is 10.9 Å². The van der Waals surface area contributed by atoms with Gasteiger partial charge in [0.1, 0.15) is 19.0 Å². The number of aromatic amines is 1. The molecule has 0 radical (unpaired) electrons. The summed E-state index contributed by atoms with van der Waals surface area (Å²) in [7, 11) is 0. The van der Waals surface area contributed by atoms with Crippen LogP contribution in [0.4, 0.5) is 13.2 Å². The molecule has 0 aliphatic heterocycles. The van der Waals surface area contributed by atoms with E-state index >= 15 is 0 Å². The Morgan fingerprint density at radius 1 is 1.27 bits per heavy atom. The van der Waals surface area contributed by atoms with Crippen LogP contribution in [0.2, 0.25) is 0 Å². The number of hydrogen-bond donors (Lipinski definition) is 2. The third-order valence-corrected chi connectivity index (χ3v) is 2.97. The highest BCUT2D eigenvalue weighted by Crippen LogP contribution is 2.24. The largest absolute Gasteiger partial charge is 0.490 e. The molecule has 0 spiro atoms. The second kappa shape index (κ2) is 6.69. The maximum atomic E-state index is 11.9. The van der Waals surface area contributed by atoms with Crippen molar-refractivity contribution < 1.29 is 27.4 Å². The SMILES string of the molecule is NCCc1c[nH]c2ccc(OCCOC(=O)C(F)(F)F)cc12. The van der Waals surface area contributed by atoms with Gasteiger partial charge in [0.2, 0.25) is 0 Å². The van der Waals surface area contributed by atoms with Crippen molar-refractivity contribution in [1.82, 2.24) is 4.98 Å². The van der Waals surface area contributed by atoms with Crippen molar-refractivity contribution in [1.29, 1.82) is 0 Å². The number of hydrogen-bond acceptors (Lipinski definition) is 4. The van der Waals surface area contributed by atoms with Crippen LogP contribution in [0.15, 0.2) is 24.4 Å². The van der Waals surface area contributed by atoms with Gasteiger partial charge in [0.25, 0.3) is 0 Å². The fourth-order valence-electron chi connectivity index (χ4n) is 1.99. The van der Waals surface area contributed by atoms with E-state index in [1.165, 1.54) is 0 Å². The van der Waals surface area contributed by atoms with E-state index in [9.17, 15) is 18.0 Å². The minimum atomic E-state index is -4.98. The lowest BCUT2D eigenvalue weighted by molar-refractivity contribution is -0.200. The zero-order chi connectivity index (χ0) is 16.2. The number of esters is 1. The summed E-state index contributed by atoms with van der Waals surface area (Å²) in [6.07, 6.45) is -2.43. The van der Waals surface area contributed by atoms with Crippen LogP contribution in [-0.4, -0.2) is 36.9 Å². The number of ether oxygens (including phenoxy) is 2. The van der Waals surface area contributed by atoms with Gasteiger partial charge in [-0.05, 0) is 36.7 Å². The highest BCUT2D eigenvalue weighted by molar-refractivity contribution is 5.84. The normalized spacial score (nSPS) is 11.6. The van der Waals surface area contributed by atoms with Crippen molar-refractivity contribution in [2.24, 2.45) is 5.73 Å². The van der Waals surface area contributed by atoms with Gasteiger partial charge in [-0.1, -0.05) is 0 Å². The molecule has 0 saturated carbocycles. The van der Waals surface area contributed by atoms with Gasteiger partial charge in [-0.25, -0.2) is 4.79 Å². The van der Waals surface area contributed by atoms with E-state index in [1.54, 1.807) is 18.2 Å². The first kappa shape index (κ1) is 16.2. The summed E-state index contributed by atoms with van der Waals surface area (Å²) in [5.74, 6) is -1.74. The third-order valence-electron chi connectivity index (χ3n) is 2.97. The predicted octanol–water partition coefficient (Wildman–Crippen LogP) is 2.15. The van der Waals surface area contributed by atoms with E-state index < -0.39 is 18.8 Å². The zero-order valence-electron chi connectivity index (χ0n) is 11.6. The van der Waals surface area contributed by atoms with Gasteiger partial charge in [-0.15, -0.1) is 0 Å². The minimum Gasteiger partial charge on any atom is -0.490 e. The lowest BCUT2D eigenvalue weighted by Crippen LogP contribution is -2.27. The maximum Gasteiger partial charge on any atom is 0.490 e. The number of aromatic nitrogens is 1. The summed E-state index contributed by atoms with van der Waals surface area (Å²) < 4.78 is 45.1. The smallest absolute Gasteiger partial charge is 0.490 e. The highest BCUT2D eigenvalue weighted by Gasteiger charge is 2.40. The zero-order valence-corrected chi connectivity index (χ0v) is 11.6. The number of rotatable bonds is 6. The van der Waals surface area contributed by atoms with E-state index in [-0.39, 0.29) is 6.61 Å². The Hall–Kier alpha value is -2.22.